The number of methoxy groups -OCH3 is 1. The van der Waals surface area contributed by atoms with Crippen molar-refractivity contribution in [3.63, 3.8) is 0 Å². The molecule has 1 aromatic rings. The predicted octanol–water partition coefficient (Wildman–Crippen LogP) is 1.78. The van der Waals surface area contributed by atoms with Gasteiger partial charge in [0.1, 0.15) is 5.75 Å². The summed E-state index contributed by atoms with van der Waals surface area (Å²) in [4.78, 5) is 22.3. The van der Waals surface area contributed by atoms with Crippen LogP contribution in [0, 0.1) is 5.92 Å². The van der Waals surface area contributed by atoms with Gasteiger partial charge in [-0.15, -0.1) is 0 Å². The van der Waals surface area contributed by atoms with Crippen molar-refractivity contribution < 1.29 is 19.4 Å². The molecule has 1 aliphatic rings. The van der Waals surface area contributed by atoms with E-state index in [2.05, 4.69) is 5.32 Å². The van der Waals surface area contributed by atoms with Gasteiger partial charge in [-0.2, -0.15) is 0 Å². The van der Waals surface area contributed by atoms with E-state index in [1.165, 1.54) is 0 Å². The summed E-state index contributed by atoms with van der Waals surface area (Å²) in [5.74, 6) is 0.245. The van der Waals surface area contributed by atoms with E-state index in [0.717, 1.165) is 17.7 Å². The van der Waals surface area contributed by atoms with Crippen molar-refractivity contribution in [3.8, 4) is 5.75 Å². The topological polar surface area (TPSA) is 75.6 Å². The number of hydrogen-bond donors (Lipinski definition) is 2. The minimum absolute atomic E-state index is 0.00642. The highest BCUT2D eigenvalue weighted by atomic mass is 16.5. The fourth-order valence-corrected chi connectivity index (χ4v) is 2.31. The molecular formula is C15H19NO4. The van der Waals surface area contributed by atoms with Crippen molar-refractivity contribution in [3.05, 3.63) is 29.8 Å². The van der Waals surface area contributed by atoms with Gasteiger partial charge in [-0.3, -0.25) is 9.59 Å². The van der Waals surface area contributed by atoms with E-state index in [0.29, 0.717) is 13.0 Å². The van der Waals surface area contributed by atoms with Crippen molar-refractivity contribution in [2.45, 2.75) is 25.2 Å². The van der Waals surface area contributed by atoms with Crippen LogP contribution < -0.4 is 10.1 Å². The Morgan fingerprint density at radius 3 is 2.95 bits per heavy atom. The van der Waals surface area contributed by atoms with Crippen molar-refractivity contribution in [2.75, 3.05) is 13.7 Å². The number of rotatable bonds is 7. The summed E-state index contributed by atoms with van der Waals surface area (Å²) in [6.45, 7) is 0.423. The first kappa shape index (κ1) is 14.4. The predicted molar refractivity (Wildman–Crippen MR) is 73.7 cm³/mol. The summed E-state index contributed by atoms with van der Waals surface area (Å²) in [5.41, 5.74) is 1.12. The van der Waals surface area contributed by atoms with Gasteiger partial charge in [0.2, 0.25) is 5.91 Å². The molecule has 1 amide bonds. The average Bonchev–Trinajstić information content (AvgIpc) is 3.23. The zero-order valence-corrected chi connectivity index (χ0v) is 11.5. The molecule has 108 valence electrons. The lowest BCUT2D eigenvalue weighted by Gasteiger charge is -2.05. The second kappa shape index (κ2) is 6.41. The average molecular weight is 277 g/mol. The Balaban J connectivity index is 1.78. The van der Waals surface area contributed by atoms with E-state index in [1.807, 2.05) is 24.3 Å². The molecule has 1 aromatic carbocycles. The summed E-state index contributed by atoms with van der Waals surface area (Å²) in [5, 5.41) is 11.3. The molecule has 0 aromatic heterocycles. The van der Waals surface area contributed by atoms with E-state index in [4.69, 9.17) is 9.84 Å². The zero-order valence-electron chi connectivity index (χ0n) is 11.5. The van der Waals surface area contributed by atoms with Gasteiger partial charge in [-0.1, -0.05) is 12.1 Å². The molecule has 0 saturated heterocycles. The zero-order chi connectivity index (χ0) is 14.5. The van der Waals surface area contributed by atoms with Gasteiger partial charge >= 0.3 is 5.97 Å². The normalized spacial score (nSPS) is 20.2. The number of ether oxygens (including phenoxy) is 1. The summed E-state index contributed by atoms with van der Waals surface area (Å²) < 4.78 is 5.17. The molecule has 1 saturated carbocycles. The minimum Gasteiger partial charge on any atom is -0.497 e. The third-order valence-corrected chi connectivity index (χ3v) is 3.52. The Kier molecular flexibility index (Phi) is 4.61. The molecule has 2 unspecified atom stereocenters. The molecule has 2 atom stereocenters. The molecular weight excluding hydrogens is 258 g/mol. The number of aliphatic carboxylic acids is 1. The maximum absolute atomic E-state index is 11.9. The maximum atomic E-state index is 11.9. The van der Waals surface area contributed by atoms with Gasteiger partial charge < -0.3 is 15.2 Å². The van der Waals surface area contributed by atoms with Gasteiger partial charge in [0.15, 0.2) is 0 Å². The van der Waals surface area contributed by atoms with Gasteiger partial charge in [0, 0.05) is 18.9 Å². The van der Waals surface area contributed by atoms with E-state index in [1.54, 1.807) is 7.11 Å². The van der Waals surface area contributed by atoms with E-state index in [-0.39, 0.29) is 24.2 Å². The molecule has 0 heterocycles. The summed E-state index contributed by atoms with van der Waals surface area (Å²) in [7, 11) is 1.62. The number of hydrogen-bond acceptors (Lipinski definition) is 3. The number of carbonyl (C=O) groups excluding carboxylic acids is 1. The number of carboxylic acid groups (broad SMARTS) is 1. The highest BCUT2D eigenvalue weighted by Gasteiger charge is 2.43. The Morgan fingerprint density at radius 1 is 1.45 bits per heavy atom. The van der Waals surface area contributed by atoms with Crippen LogP contribution in [0.1, 0.15) is 30.7 Å². The first-order chi connectivity index (χ1) is 9.61. The molecule has 0 radical (unpaired) electrons. The monoisotopic (exact) mass is 277 g/mol. The lowest BCUT2D eigenvalue weighted by atomic mass is 10.1. The highest BCUT2D eigenvalue weighted by Crippen LogP contribution is 2.48. The van der Waals surface area contributed by atoms with Crippen LogP contribution in [-0.2, 0) is 9.59 Å². The third kappa shape index (κ3) is 3.73. The van der Waals surface area contributed by atoms with Gasteiger partial charge in [0.05, 0.1) is 7.11 Å². The molecule has 2 rings (SSSR count). The molecule has 2 N–H and O–H groups in total. The Bertz CT molecular complexity index is 500. The second-order valence-electron chi connectivity index (χ2n) is 5.01. The number of carboxylic acids is 1. The molecule has 20 heavy (non-hydrogen) atoms. The van der Waals surface area contributed by atoms with Crippen molar-refractivity contribution in [1.82, 2.24) is 5.32 Å². The first-order valence-electron chi connectivity index (χ1n) is 6.75. The molecule has 5 heteroatoms. The van der Waals surface area contributed by atoms with Crippen molar-refractivity contribution in [1.29, 1.82) is 0 Å². The van der Waals surface area contributed by atoms with Gasteiger partial charge in [-0.25, -0.2) is 0 Å². The number of amides is 1. The van der Waals surface area contributed by atoms with E-state index < -0.39 is 5.97 Å². The van der Waals surface area contributed by atoms with Crippen LogP contribution in [-0.4, -0.2) is 30.6 Å². The Morgan fingerprint density at radius 2 is 2.25 bits per heavy atom. The Labute approximate surface area is 117 Å². The molecule has 1 aliphatic carbocycles. The smallest absolute Gasteiger partial charge is 0.303 e. The van der Waals surface area contributed by atoms with Crippen molar-refractivity contribution in [2.24, 2.45) is 5.92 Å². The number of benzene rings is 1. The standard InChI is InChI=1S/C15H19NO4/c1-20-11-5-2-4-10(8-11)12-9-13(12)15(19)16-7-3-6-14(17)18/h2,4-5,8,12-13H,3,6-7,9H2,1H3,(H,16,19)(H,17,18). The fourth-order valence-electron chi connectivity index (χ4n) is 2.31. The van der Waals surface area contributed by atoms with Gasteiger partial charge in [0.25, 0.3) is 0 Å². The summed E-state index contributed by atoms with van der Waals surface area (Å²) in [6, 6.07) is 7.77. The largest absolute Gasteiger partial charge is 0.497 e. The molecule has 0 aliphatic heterocycles. The Hall–Kier alpha value is -2.04. The lowest BCUT2D eigenvalue weighted by Crippen LogP contribution is -2.26. The van der Waals surface area contributed by atoms with E-state index in [9.17, 15) is 9.59 Å². The van der Waals surface area contributed by atoms with Crippen LogP contribution in [0.3, 0.4) is 0 Å². The molecule has 1 fully saturated rings. The quantitative estimate of drug-likeness (QED) is 0.745. The van der Waals surface area contributed by atoms with Crippen LogP contribution in [0.2, 0.25) is 0 Å². The number of carbonyl (C=O) groups is 2. The van der Waals surface area contributed by atoms with Gasteiger partial charge in [-0.05, 0) is 36.5 Å². The van der Waals surface area contributed by atoms with E-state index >= 15 is 0 Å². The van der Waals surface area contributed by atoms with Crippen LogP contribution in [0.25, 0.3) is 0 Å². The first-order valence-corrected chi connectivity index (χ1v) is 6.75. The molecule has 0 bridgehead atoms. The summed E-state index contributed by atoms with van der Waals surface area (Å²) >= 11 is 0. The van der Waals surface area contributed by atoms with Crippen LogP contribution in [0.5, 0.6) is 5.75 Å². The lowest BCUT2D eigenvalue weighted by molar-refractivity contribution is -0.137. The fraction of sp³-hybridized carbons (Fsp3) is 0.467. The highest BCUT2D eigenvalue weighted by molar-refractivity contribution is 5.82. The second-order valence-corrected chi connectivity index (χ2v) is 5.01. The van der Waals surface area contributed by atoms with Crippen LogP contribution in [0.4, 0.5) is 0 Å². The minimum atomic E-state index is -0.833. The molecule has 0 spiro atoms. The third-order valence-electron chi connectivity index (χ3n) is 3.52. The molecule has 5 nitrogen and oxygen atoms in total. The van der Waals surface area contributed by atoms with Crippen LogP contribution in [0.15, 0.2) is 24.3 Å². The van der Waals surface area contributed by atoms with Crippen LogP contribution >= 0.6 is 0 Å². The van der Waals surface area contributed by atoms with Crippen molar-refractivity contribution >= 4 is 11.9 Å². The maximum Gasteiger partial charge on any atom is 0.303 e. The summed E-state index contributed by atoms with van der Waals surface area (Å²) in [6.07, 6.45) is 1.40. The SMILES string of the molecule is COc1cccc(C2CC2C(=O)NCCCC(=O)O)c1. The number of nitrogens with one attached hydrogen (secondary N) is 1.